The summed E-state index contributed by atoms with van der Waals surface area (Å²) in [6, 6.07) is 4.70. The molecule has 0 radical (unpaired) electrons. The third kappa shape index (κ3) is 5.81. The van der Waals surface area contributed by atoms with Crippen molar-refractivity contribution in [1.29, 1.82) is 0 Å². The van der Waals surface area contributed by atoms with Crippen LogP contribution in [0, 0.1) is 0 Å². The van der Waals surface area contributed by atoms with Gasteiger partial charge >= 0.3 is 6.18 Å². The lowest BCUT2D eigenvalue weighted by Crippen LogP contribution is -2.34. The van der Waals surface area contributed by atoms with Gasteiger partial charge in [-0.2, -0.15) is 18.2 Å². The summed E-state index contributed by atoms with van der Waals surface area (Å²) in [5, 5.41) is 12.7. The van der Waals surface area contributed by atoms with Crippen molar-refractivity contribution in [3.63, 3.8) is 0 Å². The molecule has 1 saturated heterocycles. The molecule has 9 nitrogen and oxygen atoms in total. The van der Waals surface area contributed by atoms with Crippen LogP contribution in [0.25, 0.3) is 0 Å². The van der Waals surface area contributed by atoms with Crippen LogP contribution in [0.15, 0.2) is 35.4 Å². The number of rotatable bonds is 6. The van der Waals surface area contributed by atoms with Crippen LogP contribution in [0.2, 0.25) is 0 Å². The molecule has 0 unspecified atom stereocenters. The topological polar surface area (TPSA) is 123 Å². The van der Waals surface area contributed by atoms with Crippen LogP contribution >= 0.6 is 0 Å². The van der Waals surface area contributed by atoms with Crippen LogP contribution < -0.4 is 14.8 Å². The second-order valence-electron chi connectivity index (χ2n) is 6.61. The van der Waals surface area contributed by atoms with E-state index in [4.69, 9.17) is 13.6 Å². The van der Waals surface area contributed by atoms with Gasteiger partial charge < -0.3 is 19.9 Å². The molecule has 0 saturated carbocycles. The first-order valence-electron chi connectivity index (χ1n) is 10.5. The van der Waals surface area contributed by atoms with Crippen LogP contribution in [0.1, 0.15) is 22.5 Å². The lowest BCUT2D eigenvalue weighted by molar-refractivity contribution is -0.140. The van der Waals surface area contributed by atoms with Gasteiger partial charge in [-0.1, -0.05) is 0 Å². The third-order valence-corrected chi connectivity index (χ3v) is 5.53. The molecular weight excluding hydrogens is 441 g/mol. The minimum atomic E-state index is -4.81. The highest BCUT2D eigenvalue weighted by Gasteiger charge is 2.38. The number of nitrogens with one attached hydrogen (secondary N) is 2. The zero-order valence-electron chi connectivity index (χ0n) is 18.9. The number of anilines is 2. The first-order chi connectivity index (χ1) is 15.7. The molecule has 2 atom stereocenters. The first-order valence-corrected chi connectivity index (χ1v) is 10.5. The van der Waals surface area contributed by atoms with Crippen LogP contribution in [-0.2, 0) is 20.9 Å². The summed E-state index contributed by atoms with van der Waals surface area (Å²) in [4.78, 5) is 7.09. The number of aromatic nitrogens is 2. The number of alkyl halides is 3. The molecule has 1 fully saturated rings. The summed E-state index contributed by atoms with van der Waals surface area (Å²) in [7, 11) is -4.31. The number of halogens is 3. The Hall–Kier alpha value is -2.48. The van der Waals surface area contributed by atoms with Gasteiger partial charge in [-0.3, -0.25) is 0 Å². The summed E-state index contributed by atoms with van der Waals surface area (Å²) in [5.74, 6) is -1.06. The van der Waals surface area contributed by atoms with E-state index in [2.05, 4.69) is 15.3 Å². The molecule has 3 N–H and O–H groups in total. The first kappa shape index (κ1) is 19.2. The minimum Gasteiger partial charge on any atom is -0.471 e. The number of ether oxygens (including phenoxy) is 2. The maximum Gasteiger partial charge on any atom is 0.423 e. The number of aliphatic hydroxyl groups excluding tert-OH is 1. The predicted molar refractivity (Wildman–Crippen MR) is 103 cm³/mol. The number of hydrogen-bond acceptors (Lipinski definition) is 8. The van der Waals surface area contributed by atoms with Gasteiger partial charge in [0, 0.05) is 22.6 Å². The maximum atomic E-state index is 13.4. The number of sulfonamides is 1. The number of benzene rings is 1. The Morgan fingerprint density at radius 3 is 2.74 bits per heavy atom. The van der Waals surface area contributed by atoms with E-state index in [1.165, 1.54) is 16.9 Å². The highest BCUT2D eigenvalue weighted by molar-refractivity contribution is 7.89. The summed E-state index contributed by atoms with van der Waals surface area (Å²) in [6.07, 6.45) is -5.67. The van der Waals surface area contributed by atoms with Crippen LogP contribution in [0.5, 0.6) is 5.88 Å². The maximum absolute atomic E-state index is 13.4. The second-order valence-corrected chi connectivity index (χ2v) is 8.29. The number of hydrogen-bond donors (Lipinski definition) is 3. The summed E-state index contributed by atoms with van der Waals surface area (Å²) in [6.45, 7) is -2.67. The molecule has 0 bridgehead atoms. The van der Waals surface area contributed by atoms with Crippen LogP contribution in [0.4, 0.5) is 24.8 Å². The standard InChI is InChI=1S/C18H21F3N4O5S/c1-22-31(27,28)12-6-4-11(5-7-12)24-17-23-9-13(18(19,20)21)16(25-17)30-15-3-2-8-29-10-14(15)26/h4-7,9,14-15,22,26H,2-3,8,10H2,1H3,(H,23,24,25)/t14-,15+/m1/s1/i1D3. The summed E-state index contributed by atoms with van der Waals surface area (Å²) in [5.41, 5.74) is -1.02. The Kier molecular flexibility index (Phi) is 5.79. The molecule has 0 spiro atoms. The smallest absolute Gasteiger partial charge is 0.423 e. The van der Waals surface area contributed by atoms with Crippen molar-refractivity contribution in [2.24, 2.45) is 0 Å². The molecule has 2 heterocycles. The molecule has 13 heteroatoms. The van der Waals surface area contributed by atoms with Crippen LogP contribution in [0.3, 0.4) is 0 Å². The molecule has 170 valence electrons. The molecule has 1 aromatic heterocycles. The fourth-order valence-electron chi connectivity index (χ4n) is 2.79. The Bertz CT molecular complexity index is 1100. The Morgan fingerprint density at radius 2 is 2.06 bits per heavy atom. The third-order valence-electron chi connectivity index (χ3n) is 4.37. The summed E-state index contributed by atoms with van der Waals surface area (Å²) >= 11 is 0. The van der Waals surface area contributed by atoms with Crippen molar-refractivity contribution in [3.8, 4) is 5.88 Å². The zero-order valence-corrected chi connectivity index (χ0v) is 16.7. The largest absolute Gasteiger partial charge is 0.471 e. The number of aliphatic hydroxyl groups is 1. The van der Waals surface area contributed by atoms with E-state index in [0.29, 0.717) is 19.2 Å². The molecule has 1 aliphatic rings. The molecule has 0 amide bonds. The van der Waals surface area contributed by atoms with Gasteiger partial charge in [-0.15, -0.1) is 0 Å². The Labute approximate surface area is 180 Å². The van der Waals surface area contributed by atoms with E-state index < -0.39 is 46.8 Å². The van der Waals surface area contributed by atoms with Gasteiger partial charge in [-0.05, 0) is 44.1 Å². The molecule has 1 aliphatic heterocycles. The van der Waals surface area contributed by atoms with Crippen LogP contribution in [-0.4, -0.2) is 55.9 Å². The van der Waals surface area contributed by atoms with E-state index in [9.17, 15) is 26.7 Å². The van der Waals surface area contributed by atoms with Gasteiger partial charge in [0.25, 0.3) is 0 Å². The van der Waals surface area contributed by atoms with Crippen molar-refractivity contribution >= 4 is 21.7 Å². The van der Waals surface area contributed by atoms with Crippen molar-refractivity contribution < 1.29 is 40.3 Å². The van der Waals surface area contributed by atoms with Crippen molar-refractivity contribution in [2.75, 3.05) is 25.5 Å². The normalized spacial score (nSPS) is 22.0. The van der Waals surface area contributed by atoms with E-state index in [-0.39, 0.29) is 29.6 Å². The fourth-order valence-corrected chi connectivity index (χ4v) is 3.40. The quantitative estimate of drug-likeness (QED) is 0.593. The van der Waals surface area contributed by atoms with Gasteiger partial charge in [0.15, 0.2) is 0 Å². The van der Waals surface area contributed by atoms with E-state index in [0.717, 1.165) is 12.1 Å². The van der Waals surface area contributed by atoms with Gasteiger partial charge in [0.2, 0.25) is 21.9 Å². The van der Waals surface area contributed by atoms with Crippen molar-refractivity contribution in [2.45, 2.75) is 36.1 Å². The second kappa shape index (κ2) is 9.34. The zero-order chi connectivity index (χ0) is 25.1. The van der Waals surface area contributed by atoms with Gasteiger partial charge in [0.1, 0.15) is 17.8 Å². The molecular formula is C18H21F3N4O5S. The minimum absolute atomic E-state index is 0.0892. The SMILES string of the molecule is [2H]C([2H])([2H])NS(=O)(=O)c1ccc(Nc2ncc(C(F)(F)F)c(O[C@H]3CCCOC[C@H]3O)n2)cc1. The molecule has 3 rings (SSSR count). The Morgan fingerprint density at radius 1 is 1.32 bits per heavy atom. The molecule has 1 aromatic carbocycles. The van der Waals surface area contributed by atoms with Gasteiger partial charge in [-0.25, -0.2) is 18.1 Å². The van der Waals surface area contributed by atoms with E-state index in [1.54, 1.807) is 0 Å². The Balaban J connectivity index is 1.83. The molecule has 2 aromatic rings. The fraction of sp³-hybridized carbons (Fsp3) is 0.444. The average molecular weight is 465 g/mol. The highest BCUT2D eigenvalue weighted by Crippen LogP contribution is 2.36. The monoisotopic (exact) mass is 465 g/mol. The van der Waals surface area contributed by atoms with Crippen molar-refractivity contribution in [3.05, 3.63) is 36.0 Å². The highest BCUT2D eigenvalue weighted by atomic mass is 32.2. The predicted octanol–water partition coefficient (Wildman–Crippen LogP) is 2.07. The van der Waals surface area contributed by atoms with Gasteiger partial charge in [0.05, 0.1) is 11.5 Å². The summed E-state index contributed by atoms with van der Waals surface area (Å²) < 4.78 is 97.6. The molecule has 31 heavy (non-hydrogen) atoms. The molecule has 0 aliphatic carbocycles. The lowest BCUT2D eigenvalue weighted by Gasteiger charge is -2.23. The van der Waals surface area contributed by atoms with Crippen molar-refractivity contribution in [1.82, 2.24) is 14.7 Å². The lowest BCUT2D eigenvalue weighted by atomic mass is 10.1. The average Bonchev–Trinajstić information content (AvgIpc) is 2.90. The van der Waals surface area contributed by atoms with E-state index in [1.807, 2.05) is 0 Å². The number of nitrogens with zero attached hydrogens (tertiary/aromatic N) is 2. The van der Waals surface area contributed by atoms with E-state index >= 15 is 0 Å².